The lowest BCUT2D eigenvalue weighted by atomic mass is 9.61. The first kappa shape index (κ1) is 15.1. The Morgan fingerprint density at radius 3 is 2.90 bits per heavy atom. The molecule has 1 heterocycles. The maximum absolute atomic E-state index is 12.4. The Morgan fingerprint density at radius 2 is 2.25 bits per heavy atom. The lowest BCUT2D eigenvalue weighted by molar-refractivity contribution is -0.132. The maximum Gasteiger partial charge on any atom is 0.223 e. The van der Waals surface area contributed by atoms with Gasteiger partial charge in [-0.25, -0.2) is 0 Å². The minimum absolute atomic E-state index is 0.0492. The molecule has 1 aliphatic carbocycles. The van der Waals surface area contributed by atoms with Gasteiger partial charge in [-0.2, -0.15) is 0 Å². The van der Waals surface area contributed by atoms with Gasteiger partial charge in [-0.15, -0.1) is 0 Å². The van der Waals surface area contributed by atoms with Crippen molar-refractivity contribution in [1.29, 1.82) is 0 Å². The minimum atomic E-state index is -0.0492. The van der Waals surface area contributed by atoms with E-state index in [1.165, 1.54) is 0 Å². The summed E-state index contributed by atoms with van der Waals surface area (Å²) < 4.78 is 5.27. The number of nitrogens with two attached hydrogens (primary N) is 1. The fourth-order valence-electron chi connectivity index (χ4n) is 3.21. The first-order valence-electron chi connectivity index (χ1n) is 7.48. The van der Waals surface area contributed by atoms with Crippen molar-refractivity contribution in [3.63, 3.8) is 0 Å². The molecule has 0 spiro atoms. The summed E-state index contributed by atoms with van der Waals surface area (Å²) in [4.78, 5) is 12.4. The Hall–Kier alpha value is -1.29. The van der Waals surface area contributed by atoms with E-state index in [0.29, 0.717) is 12.5 Å². The van der Waals surface area contributed by atoms with Crippen LogP contribution in [-0.2, 0) is 11.2 Å². The van der Waals surface area contributed by atoms with E-state index in [4.69, 9.17) is 10.2 Å². The third-order valence-corrected chi connectivity index (χ3v) is 5.07. The van der Waals surface area contributed by atoms with Crippen molar-refractivity contribution in [1.82, 2.24) is 5.32 Å². The summed E-state index contributed by atoms with van der Waals surface area (Å²) in [6.07, 6.45) is 4.21. The van der Waals surface area contributed by atoms with E-state index >= 15 is 0 Å². The molecule has 0 saturated heterocycles. The van der Waals surface area contributed by atoms with Gasteiger partial charge in [0, 0.05) is 24.9 Å². The van der Waals surface area contributed by atoms with Crippen molar-refractivity contribution in [3.05, 3.63) is 24.2 Å². The SMILES string of the molecule is CC1C(N)CCC(C(=O)NCCc2ccco2)C1(C)C. The summed E-state index contributed by atoms with van der Waals surface area (Å²) in [7, 11) is 0. The summed E-state index contributed by atoms with van der Waals surface area (Å²) in [5.74, 6) is 1.47. The highest BCUT2D eigenvalue weighted by Gasteiger charge is 2.44. The molecule has 0 bridgehead atoms. The zero-order valence-electron chi connectivity index (χ0n) is 12.7. The van der Waals surface area contributed by atoms with E-state index in [-0.39, 0.29) is 23.3 Å². The number of hydrogen-bond acceptors (Lipinski definition) is 3. The van der Waals surface area contributed by atoms with E-state index in [1.807, 2.05) is 12.1 Å². The molecule has 1 aromatic heterocycles. The van der Waals surface area contributed by atoms with Crippen molar-refractivity contribution in [2.24, 2.45) is 23.0 Å². The Bertz CT molecular complexity index is 439. The van der Waals surface area contributed by atoms with Crippen LogP contribution in [-0.4, -0.2) is 18.5 Å². The van der Waals surface area contributed by atoms with Crippen LogP contribution in [0, 0.1) is 17.3 Å². The number of amides is 1. The molecule has 4 nitrogen and oxygen atoms in total. The number of rotatable bonds is 4. The third-order valence-electron chi connectivity index (χ3n) is 5.07. The van der Waals surface area contributed by atoms with Gasteiger partial charge in [0.25, 0.3) is 0 Å². The van der Waals surface area contributed by atoms with Crippen LogP contribution < -0.4 is 11.1 Å². The average molecular weight is 278 g/mol. The number of hydrogen-bond donors (Lipinski definition) is 2. The molecule has 4 heteroatoms. The Morgan fingerprint density at radius 1 is 1.50 bits per heavy atom. The van der Waals surface area contributed by atoms with Gasteiger partial charge in [-0.05, 0) is 36.3 Å². The Labute approximate surface area is 121 Å². The first-order chi connectivity index (χ1) is 9.43. The molecule has 1 saturated carbocycles. The van der Waals surface area contributed by atoms with Crippen LogP contribution >= 0.6 is 0 Å². The second-order valence-electron chi connectivity index (χ2n) is 6.52. The van der Waals surface area contributed by atoms with E-state index in [0.717, 1.165) is 25.0 Å². The van der Waals surface area contributed by atoms with Crippen LogP contribution in [0.4, 0.5) is 0 Å². The van der Waals surface area contributed by atoms with Gasteiger partial charge in [-0.1, -0.05) is 20.8 Å². The predicted octanol–water partition coefficient (Wildman–Crippen LogP) is 2.34. The van der Waals surface area contributed by atoms with Gasteiger partial charge in [0.05, 0.1) is 6.26 Å². The number of carbonyl (C=O) groups excluding carboxylic acids is 1. The molecule has 1 aliphatic rings. The second kappa shape index (κ2) is 6.00. The molecule has 2 rings (SSSR count). The molecule has 3 N–H and O–H groups in total. The molecule has 1 fully saturated rings. The average Bonchev–Trinajstić information content (AvgIpc) is 2.89. The largest absolute Gasteiger partial charge is 0.469 e. The van der Waals surface area contributed by atoms with E-state index in [2.05, 4.69) is 26.1 Å². The molecule has 0 radical (unpaired) electrons. The van der Waals surface area contributed by atoms with Gasteiger partial charge in [-0.3, -0.25) is 4.79 Å². The van der Waals surface area contributed by atoms with Gasteiger partial charge in [0.15, 0.2) is 0 Å². The summed E-state index contributed by atoms with van der Waals surface area (Å²) in [6, 6.07) is 4.00. The van der Waals surface area contributed by atoms with E-state index in [9.17, 15) is 4.79 Å². The highest BCUT2D eigenvalue weighted by atomic mass is 16.3. The normalized spacial score (nSPS) is 29.1. The molecule has 20 heavy (non-hydrogen) atoms. The van der Waals surface area contributed by atoms with Crippen LogP contribution in [0.1, 0.15) is 39.4 Å². The van der Waals surface area contributed by atoms with Crippen molar-refractivity contribution in [2.45, 2.75) is 46.1 Å². The molecule has 112 valence electrons. The fraction of sp³-hybridized carbons (Fsp3) is 0.688. The van der Waals surface area contributed by atoms with Crippen molar-refractivity contribution in [2.75, 3.05) is 6.54 Å². The predicted molar refractivity (Wildman–Crippen MR) is 79.1 cm³/mol. The van der Waals surface area contributed by atoms with Gasteiger partial charge in [0.2, 0.25) is 5.91 Å². The van der Waals surface area contributed by atoms with Gasteiger partial charge < -0.3 is 15.5 Å². The third kappa shape index (κ3) is 3.06. The first-order valence-corrected chi connectivity index (χ1v) is 7.48. The Kier molecular flexibility index (Phi) is 4.53. The summed E-state index contributed by atoms with van der Waals surface area (Å²) in [5.41, 5.74) is 6.09. The van der Waals surface area contributed by atoms with Gasteiger partial charge in [0.1, 0.15) is 5.76 Å². The summed E-state index contributed by atoms with van der Waals surface area (Å²) in [6.45, 7) is 7.10. The number of carbonyl (C=O) groups is 1. The lowest BCUT2D eigenvalue weighted by Crippen LogP contribution is -2.51. The minimum Gasteiger partial charge on any atom is -0.469 e. The van der Waals surface area contributed by atoms with Crippen LogP contribution in [0.25, 0.3) is 0 Å². The summed E-state index contributed by atoms with van der Waals surface area (Å²) in [5, 5.41) is 3.04. The van der Waals surface area contributed by atoms with Crippen LogP contribution in [0.15, 0.2) is 22.8 Å². The molecular formula is C16H26N2O2. The maximum atomic E-state index is 12.4. The van der Waals surface area contributed by atoms with Gasteiger partial charge >= 0.3 is 0 Å². The molecule has 0 aromatic carbocycles. The second-order valence-corrected chi connectivity index (χ2v) is 6.52. The van der Waals surface area contributed by atoms with Crippen molar-refractivity contribution in [3.8, 4) is 0 Å². The number of nitrogens with one attached hydrogen (secondary N) is 1. The lowest BCUT2D eigenvalue weighted by Gasteiger charge is -2.46. The molecular weight excluding hydrogens is 252 g/mol. The zero-order valence-corrected chi connectivity index (χ0v) is 12.7. The highest BCUT2D eigenvalue weighted by Crippen LogP contribution is 2.44. The zero-order chi connectivity index (χ0) is 14.8. The molecule has 3 atom stereocenters. The fourth-order valence-corrected chi connectivity index (χ4v) is 3.21. The topological polar surface area (TPSA) is 68.3 Å². The van der Waals surface area contributed by atoms with E-state index in [1.54, 1.807) is 6.26 Å². The van der Waals surface area contributed by atoms with Crippen molar-refractivity contribution >= 4 is 5.91 Å². The van der Waals surface area contributed by atoms with Crippen LogP contribution in [0.2, 0.25) is 0 Å². The van der Waals surface area contributed by atoms with Crippen molar-refractivity contribution < 1.29 is 9.21 Å². The van der Waals surface area contributed by atoms with Crippen LogP contribution in [0.3, 0.4) is 0 Å². The standard InChI is InChI=1S/C16H26N2O2/c1-11-14(17)7-6-13(16(11,2)3)15(19)18-9-8-12-5-4-10-20-12/h4-5,10-11,13-14H,6-9,17H2,1-3H3,(H,18,19). The Balaban J connectivity index is 1.88. The monoisotopic (exact) mass is 278 g/mol. The quantitative estimate of drug-likeness (QED) is 0.888. The summed E-state index contributed by atoms with van der Waals surface area (Å²) >= 11 is 0. The molecule has 1 aromatic rings. The van der Waals surface area contributed by atoms with E-state index < -0.39 is 0 Å². The van der Waals surface area contributed by atoms with Crippen LogP contribution in [0.5, 0.6) is 0 Å². The number of furan rings is 1. The molecule has 0 aliphatic heterocycles. The molecule has 3 unspecified atom stereocenters. The smallest absolute Gasteiger partial charge is 0.223 e. The highest BCUT2D eigenvalue weighted by molar-refractivity contribution is 5.79. The molecule has 1 amide bonds.